The topological polar surface area (TPSA) is 20.3 Å². The molecule has 1 heterocycles. The standard InChI is InChI=1S/C11H9ClF3NO/c12-8-5-10(17)16(6-8)9-3-1-7(2-4-9)11(13,14)15/h1-4,8H,5-6H2. The van der Waals surface area contributed by atoms with Gasteiger partial charge >= 0.3 is 6.18 Å². The van der Waals surface area contributed by atoms with Crippen LogP contribution < -0.4 is 4.90 Å². The summed E-state index contributed by atoms with van der Waals surface area (Å²) in [4.78, 5) is 12.9. The van der Waals surface area contributed by atoms with E-state index >= 15 is 0 Å². The van der Waals surface area contributed by atoms with Crippen LogP contribution in [0, 0.1) is 0 Å². The maximum absolute atomic E-state index is 12.3. The lowest BCUT2D eigenvalue weighted by Gasteiger charge is -2.16. The largest absolute Gasteiger partial charge is 0.416 e. The summed E-state index contributed by atoms with van der Waals surface area (Å²) in [6, 6.07) is 4.50. The number of amides is 1. The normalized spacial score (nSPS) is 21.1. The van der Waals surface area contributed by atoms with Crippen LogP contribution in [0.25, 0.3) is 0 Å². The Hall–Kier alpha value is -1.23. The minimum absolute atomic E-state index is 0.162. The summed E-state index contributed by atoms with van der Waals surface area (Å²) in [5, 5.41) is -0.273. The van der Waals surface area contributed by atoms with Gasteiger partial charge < -0.3 is 4.90 Å². The van der Waals surface area contributed by atoms with Crippen LogP contribution in [0.3, 0.4) is 0 Å². The number of halogens is 4. The van der Waals surface area contributed by atoms with Crippen molar-refractivity contribution in [2.75, 3.05) is 11.4 Å². The highest BCUT2D eigenvalue weighted by Crippen LogP contribution is 2.31. The number of carbonyl (C=O) groups excluding carboxylic acids is 1. The molecule has 92 valence electrons. The molecule has 1 unspecified atom stereocenters. The summed E-state index contributed by atoms with van der Waals surface area (Å²) in [6.45, 7) is 0.339. The summed E-state index contributed by atoms with van der Waals surface area (Å²) in [6.07, 6.45) is -4.13. The van der Waals surface area contributed by atoms with E-state index in [1.54, 1.807) is 0 Å². The van der Waals surface area contributed by atoms with Gasteiger partial charge in [-0.05, 0) is 24.3 Å². The lowest BCUT2D eigenvalue weighted by Crippen LogP contribution is -2.24. The Morgan fingerprint density at radius 1 is 1.24 bits per heavy atom. The van der Waals surface area contributed by atoms with Gasteiger partial charge in [-0.1, -0.05) is 0 Å². The molecule has 1 aromatic carbocycles. The molecule has 1 aliphatic rings. The summed E-state index contributed by atoms with van der Waals surface area (Å²) >= 11 is 5.81. The first-order chi connectivity index (χ1) is 7.88. The van der Waals surface area contributed by atoms with Crippen LogP contribution in [0.2, 0.25) is 0 Å². The number of benzene rings is 1. The average molecular weight is 264 g/mol. The Kier molecular flexibility index (Phi) is 3.03. The number of nitrogens with zero attached hydrogens (tertiary/aromatic N) is 1. The van der Waals surface area contributed by atoms with E-state index in [9.17, 15) is 18.0 Å². The van der Waals surface area contributed by atoms with Gasteiger partial charge in [0.1, 0.15) is 0 Å². The predicted octanol–water partition coefficient (Wildman–Crippen LogP) is 3.05. The highest BCUT2D eigenvalue weighted by molar-refractivity contribution is 6.24. The van der Waals surface area contributed by atoms with E-state index in [1.807, 2.05) is 0 Å². The van der Waals surface area contributed by atoms with Crippen molar-refractivity contribution < 1.29 is 18.0 Å². The Bertz CT molecular complexity index is 429. The van der Waals surface area contributed by atoms with Crippen LogP contribution in [-0.2, 0) is 11.0 Å². The highest BCUT2D eigenvalue weighted by atomic mass is 35.5. The van der Waals surface area contributed by atoms with Crippen molar-refractivity contribution in [3.05, 3.63) is 29.8 Å². The summed E-state index contributed by atoms with van der Waals surface area (Å²) in [5.41, 5.74) is -0.276. The van der Waals surface area contributed by atoms with Crippen LogP contribution >= 0.6 is 11.6 Å². The van der Waals surface area contributed by atoms with Crippen molar-refractivity contribution in [2.45, 2.75) is 18.0 Å². The van der Waals surface area contributed by atoms with Gasteiger partial charge in [0.25, 0.3) is 0 Å². The molecule has 0 radical (unpaired) electrons. The number of hydrogen-bond acceptors (Lipinski definition) is 1. The Labute approximate surface area is 101 Å². The first kappa shape index (κ1) is 12.2. The molecule has 1 fully saturated rings. The van der Waals surface area contributed by atoms with E-state index in [-0.39, 0.29) is 17.7 Å². The Morgan fingerprint density at radius 2 is 1.82 bits per heavy atom. The van der Waals surface area contributed by atoms with Crippen LogP contribution in [0.5, 0.6) is 0 Å². The van der Waals surface area contributed by atoms with Crippen molar-refractivity contribution in [2.24, 2.45) is 0 Å². The van der Waals surface area contributed by atoms with Gasteiger partial charge in [-0.3, -0.25) is 4.79 Å². The Balaban J connectivity index is 2.22. The SMILES string of the molecule is O=C1CC(Cl)CN1c1ccc(C(F)(F)F)cc1. The lowest BCUT2D eigenvalue weighted by atomic mass is 10.2. The fourth-order valence-electron chi connectivity index (χ4n) is 1.74. The first-order valence-corrected chi connectivity index (χ1v) is 5.43. The number of rotatable bonds is 1. The molecule has 0 aromatic heterocycles. The molecular formula is C11H9ClF3NO. The van der Waals surface area contributed by atoms with E-state index in [0.717, 1.165) is 12.1 Å². The second kappa shape index (κ2) is 4.22. The number of carbonyl (C=O) groups is 1. The Morgan fingerprint density at radius 3 is 2.24 bits per heavy atom. The number of hydrogen-bond donors (Lipinski definition) is 0. The van der Waals surface area contributed by atoms with Crippen LogP contribution in [-0.4, -0.2) is 17.8 Å². The molecule has 1 aliphatic heterocycles. The van der Waals surface area contributed by atoms with Gasteiger partial charge in [0.15, 0.2) is 0 Å². The second-order valence-electron chi connectivity index (χ2n) is 3.85. The van der Waals surface area contributed by atoms with E-state index in [1.165, 1.54) is 17.0 Å². The lowest BCUT2D eigenvalue weighted by molar-refractivity contribution is -0.137. The zero-order valence-electron chi connectivity index (χ0n) is 8.67. The van der Waals surface area contributed by atoms with Gasteiger partial charge in [0.2, 0.25) is 5.91 Å². The summed E-state index contributed by atoms with van der Waals surface area (Å²) < 4.78 is 37.0. The van der Waals surface area contributed by atoms with E-state index < -0.39 is 11.7 Å². The number of anilines is 1. The fourth-order valence-corrected chi connectivity index (χ4v) is 2.01. The third-order valence-corrected chi connectivity index (χ3v) is 2.88. The minimum atomic E-state index is -4.36. The monoisotopic (exact) mass is 263 g/mol. The smallest absolute Gasteiger partial charge is 0.311 e. The quantitative estimate of drug-likeness (QED) is 0.713. The van der Waals surface area contributed by atoms with E-state index in [0.29, 0.717) is 12.2 Å². The van der Waals surface area contributed by atoms with E-state index in [2.05, 4.69) is 0 Å². The van der Waals surface area contributed by atoms with Crippen molar-refractivity contribution in [3.63, 3.8) is 0 Å². The molecule has 1 saturated heterocycles. The van der Waals surface area contributed by atoms with Crippen LogP contribution in [0.4, 0.5) is 18.9 Å². The molecule has 17 heavy (non-hydrogen) atoms. The molecule has 1 atom stereocenters. The van der Waals surface area contributed by atoms with Gasteiger partial charge in [-0.25, -0.2) is 0 Å². The van der Waals surface area contributed by atoms with Gasteiger partial charge in [-0.2, -0.15) is 13.2 Å². The van der Waals surface area contributed by atoms with Crippen LogP contribution in [0.1, 0.15) is 12.0 Å². The van der Waals surface area contributed by atoms with Crippen molar-refractivity contribution in [1.82, 2.24) is 0 Å². The molecule has 2 nitrogen and oxygen atoms in total. The summed E-state index contributed by atoms with van der Waals surface area (Å²) in [5.74, 6) is -0.162. The van der Waals surface area contributed by atoms with Crippen molar-refractivity contribution in [3.8, 4) is 0 Å². The molecular weight excluding hydrogens is 255 g/mol. The molecule has 0 N–H and O–H groups in total. The molecule has 0 aliphatic carbocycles. The van der Waals surface area contributed by atoms with Crippen LogP contribution in [0.15, 0.2) is 24.3 Å². The maximum atomic E-state index is 12.3. The molecule has 2 rings (SSSR count). The fraction of sp³-hybridized carbons (Fsp3) is 0.364. The maximum Gasteiger partial charge on any atom is 0.416 e. The molecule has 6 heteroatoms. The predicted molar refractivity (Wildman–Crippen MR) is 58.1 cm³/mol. The third-order valence-electron chi connectivity index (χ3n) is 2.58. The molecule has 1 aromatic rings. The molecule has 1 amide bonds. The van der Waals surface area contributed by atoms with E-state index in [4.69, 9.17) is 11.6 Å². The second-order valence-corrected chi connectivity index (χ2v) is 4.47. The summed E-state index contributed by atoms with van der Waals surface area (Å²) in [7, 11) is 0. The van der Waals surface area contributed by atoms with Gasteiger partial charge in [-0.15, -0.1) is 11.6 Å². The minimum Gasteiger partial charge on any atom is -0.311 e. The number of alkyl halides is 4. The zero-order chi connectivity index (χ0) is 12.6. The average Bonchev–Trinajstić information content (AvgIpc) is 2.57. The molecule has 0 saturated carbocycles. The molecule has 0 bridgehead atoms. The van der Waals surface area contributed by atoms with Gasteiger partial charge in [0.05, 0.1) is 10.9 Å². The van der Waals surface area contributed by atoms with Crippen molar-refractivity contribution in [1.29, 1.82) is 0 Å². The van der Waals surface area contributed by atoms with Gasteiger partial charge in [0, 0.05) is 18.7 Å². The first-order valence-electron chi connectivity index (χ1n) is 4.99. The zero-order valence-corrected chi connectivity index (χ0v) is 9.42. The third kappa shape index (κ3) is 2.54. The van der Waals surface area contributed by atoms with Crippen molar-refractivity contribution >= 4 is 23.2 Å². The highest BCUT2D eigenvalue weighted by Gasteiger charge is 2.32. The molecule has 0 spiro atoms.